The number of hydrogen-bond acceptors (Lipinski definition) is 3. The summed E-state index contributed by atoms with van der Waals surface area (Å²) in [7, 11) is 1.98. The summed E-state index contributed by atoms with van der Waals surface area (Å²) in [5.74, 6) is 0.199. The number of rotatable bonds is 5. The Morgan fingerprint density at radius 1 is 1.24 bits per heavy atom. The lowest BCUT2D eigenvalue weighted by Gasteiger charge is -2.60. The molecule has 0 aliphatic heterocycles. The van der Waals surface area contributed by atoms with Gasteiger partial charge in [-0.2, -0.15) is 0 Å². The molecule has 2 atom stereocenters. The highest BCUT2D eigenvalue weighted by atomic mass is 35.5. The fourth-order valence-corrected chi connectivity index (χ4v) is 4.68. The summed E-state index contributed by atoms with van der Waals surface area (Å²) >= 11 is 0. The number of carbonyl (C=O) groups is 1. The Balaban J connectivity index is 0.00000225. The highest BCUT2D eigenvalue weighted by Gasteiger charge is 2.57. The molecule has 1 spiro atoms. The number of nitrogens with two attached hydrogens (primary N) is 1. The second-order valence-electron chi connectivity index (χ2n) is 7.41. The third kappa shape index (κ3) is 3.95. The van der Waals surface area contributed by atoms with E-state index in [1.54, 1.807) is 0 Å². The Morgan fingerprint density at radius 3 is 2.48 bits per heavy atom. The summed E-state index contributed by atoms with van der Waals surface area (Å²) in [4.78, 5) is 14.8. The van der Waals surface area contributed by atoms with E-state index in [1.807, 2.05) is 36.2 Å². The molecule has 4 nitrogen and oxygen atoms in total. The number of halogens is 1. The standard InChI is InChI=1S/C20H30N2O2.ClH/c1-3-24-18-14-17(20(18)11-5-4-6-12-20)22(2)19(23)13-15-7-9-16(21)10-8-15;/h7-10,17-18H,3-6,11-14,21H2,1-2H3;1H. The number of nitrogen functional groups attached to an aromatic ring is 1. The molecular formula is C20H31ClN2O2. The van der Waals surface area contributed by atoms with Crippen molar-refractivity contribution in [3.05, 3.63) is 29.8 Å². The molecule has 0 heterocycles. The number of anilines is 1. The normalized spacial score (nSPS) is 24.2. The SMILES string of the molecule is CCOC1CC(N(C)C(=O)Cc2ccc(N)cc2)C12CCCCC2.Cl. The van der Waals surface area contributed by atoms with E-state index >= 15 is 0 Å². The lowest BCUT2D eigenvalue weighted by atomic mass is 9.54. The van der Waals surface area contributed by atoms with Gasteiger partial charge in [0.15, 0.2) is 0 Å². The molecule has 0 bridgehead atoms. The summed E-state index contributed by atoms with van der Waals surface area (Å²) < 4.78 is 6.01. The molecule has 1 aromatic rings. The number of likely N-dealkylation sites (N-methyl/N-ethyl adjacent to an activating group) is 1. The van der Waals surface area contributed by atoms with Crippen LogP contribution in [0.2, 0.25) is 0 Å². The Morgan fingerprint density at radius 2 is 1.88 bits per heavy atom. The molecule has 25 heavy (non-hydrogen) atoms. The zero-order chi connectivity index (χ0) is 17.2. The number of benzene rings is 1. The summed E-state index contributed by atoms with van der Waals surface area (Å²) in [5.41, 5.74) is 7.68. The Labute approximate surface area is 157 Å². The topological polar surface area (TPSA) is 55.6 Å². The van der Waals surface area contributed by atoms with E-state index in [1.165, 1.54) is 32.1 Å². The van der Waals surface area contributed by atoms with Crippen molar-refractivity contribution in [3.63, 3.8) is 0 Å². The second-order valence-corrected chi connectivity index (χ2v) is 7.41. The predicted molar refractivity (Wildman–Crippen MR) is 104 cm³/mol. The minimum Gasteiger partial charge on any atom is -0.399 e. The van der Waals surface area contributed by atoms with Crippen molar-refractivity contribution >= 4 is 24.0 Å². The fraction of sp³-hybridized carbons (Fsp3) is 0.650. The first-order valence-electron chi connectivity index (χ1n) is 9.28. The summed E-state index contributed by atoms with van der Waals surface area (Å²) in [6.07, 6.45) is 8.00. The van der Waals surface area contributed by atoms with E-state index < -0.39 is 0 Å². The maximum absolute atomic E-state index is 12.8. The van der Waals surface area contributed by atoms with Crippen LogP contribution in [0.4, 0.5) is 5.69 Å². The van der Waals surface area contributed by atoms with Crippen molar-refractivity contribution in [2.75, 3.05) is 19.4 Å². The van der Waals surface area contributed by atoms with Gasteiger partial charge in [0.05, 0.1) is 12.5 Å². The van der Waals surface area contributed by atoms with Crippen LogP contribution in [0.5, 0.6) is 0 Å². The molecular weight excluding hydrogens is 336 g/mol. The minimum atomic E-state index is 0. The minimum absolute atomic E-state index is 0. The third-order valence-corrected chi connectivity index (χ3v) is 6.09. The third-order valence-electron chi connectivity index (χ3n) is 6.09. The van der Waals surface area contributed by atoms with Gasteiger partial charge in [-0.3, -0.25) is 4.79 Å². The van der Waals surface area contributed by atoms with E-state index in [9.17, 15) is 4.79 Å². The number of carbonyl (C=O) groups excluding carboxylic acids is 1. The van der Waals surface area contributed by atoms with Crippen molar-refractivity contribution in [2.24, 2.45) is 5.41 Å². The van der Waals surface area contributed by atoms with E-state index in [4.69, 9.17) is 10.5 Å². The lowest BCUT2D eigenvalue weighted by molar-refractivity contribution is -0.184. The molecule has 2 saturated carbocycles. The largest absolute Gasteiger partial charge is 0.399 e. The first-order valence-corrected chi connectivity index (χ1v) is 9.28. The molecule has 0 radical (unpaired) electrons. The van der Waals surface area contributed by atoms with Gasteiger partial charge in [-0.15, -0.1) is 12.4 Å². The van der Waals surface area contributed by atoms with Gasteiger partial charge in [0.2, 0.25) is 5.91 Å². The van der Waals surface area contributed by atoms with E-state index in [0.29, 0.717) is 18.6 Å². The smallest absolute Gasteiger partial charge is 0.227 e. The van der Waals surface area contributed by atoms with Crippen molar-refractivity contribution < 1.29 is 9.53 Å². The van der Waals surface area contributed by atoms with Gasteiger partial charge in [-0.1, -0.05) is 31.4 Å². The van der Waals surface area contributed by atoms with Crippen molar-refractivity contribution in [1.29, 1.82) is 0 Å². The average molecular weight is 367 g/mol. The molecule has 3 rings (SSSR count). The lowest BCUT2D eigenvalue weighted by Crippen LogP contribution is -2.65. The Kier molecular flexibility index (Phi) is 6.75. The predicted octanol–water partition coefficient (Wildman–Crippen LogP) is 3.82. The molecule has 2 aliphatic rings. The molecule has 1 amide bonds. The first kappa shape index (κ1) is 20.1. The van der Waals surface area contributed by atoms with Gasteiger partial charge in [-0.25, -0.2) is 0 Å². The van der Waals surface area contributed by atoms with Crippen LogP contribution in [-0.2, 0) is 16.0 Å². The van der Waals surface area contributed by atoms with E-state index in [-0.39, 0.29) is 23.7 Å². The molecule has 2 unspecified atom stereocenters. The van der Waals surface area contributed by atoms with Crippen LogP contribution in [-0.4, -0.2) is 36.6 Å². The quantitative estimate of drug-likeness (QED) is 0.806. The van der Waals surface area contributed by atoms with Crippen LogP contribution in [0.3, 0.4) is 0 Å². The fourth-order valence-electron chi connectivity index (χ4n) is 4.68. The maximum atomic E-state index is 12.8. The maximum Gasteiger partial charge on any atom is 0.227 e. The second kappa shape index (κ2) is 8.41. The van der Waals surface area contributed by atoms with Crippen LogP contribution in [0.15, 0.2) is 24.3 Å². The molecule has 2 N–H and O–H groups in total. The zero-order valence-electron chi connectivity index (χ0n) is 15.4. The van der Waals surface area contributed by atoms with E-state index in [2.05, 4.69) is 6.92 Å². The van der Waals surface area contributed by atoms with Gasteiger partial charge in [0.25, 0.3) is 0 Å². The molecule has 1 aromatic carbocycles. The van der Waals surface area contributed by atoms with E-state index in [0.717, 1.165) is 24.3 Å². The number of ether oxygens (including phenoxy) is 1. The summed E-state index contributed by atoms with van der Waals surface area (Å²) in [6, 6.07) is 7.94. The first-order chi connectivity index (χ1) is 11.6. The highest BCUT2D eigenvalue weighted by molar-refractivity contribution is 5.85. The van der Waals surface area contributed by atoms with Crippen LogP contribution >= 0.6 is 12.4 Å². The van der Waals surface area contributed by atoms with Gasteiger partial charge in [-0.05, 0) is 43.9 Å². The monoisotopic (exact) mass is 366 g/mol. The van der Waals surface area contributed by atoms with Crippen LogP contribution in [0.1, 0.15) is 51.0 Å². The molecule has 5 heteroatoms. The van der Waals surface area contributed by atoms with Gasteiger partial charge in [0.1, 0.15) is 0 Å². The zero-order valence-corrected chi connectivity index (χ0v) is 16.2. The van der Waals surface area contributed by atoms with Crippen molar-refractivity contribution in [3.8, 4) is 0 Å². The van der Waals surface area contributed by atoms with Crippen molar-refractivity contribution in [1.82, 2.24) is 4.90 Å². The summed E-state index contributed by atoms with van der Waals surface area (Å²) in [6.45, 7) is 2.84. The van der Waals surface area contributed by atoms with Crippen LogP contribution in [0, 0.1) is 5.41 Å². The summed E-state index contributed by atoms with van der Waals surface area (Å²) in [5, 5.41) is 0. The van der Waals surface area contributed by atoms with Gasteiger partial charge >= 0.3 is 0 Å². The highest BCUT2D eigenvalue weighted by Crippen LogP contribution is 2.55. The van der Waals surface area contributed by atoms with Crippen molar-refractivity contribution in [2.45, 2.75) is 64.0 Å². The Bertz CT molecular complexity index is 570. The molecule has 0 aromatic heterocycles. The van der Waals surface area contributed by atoms with Crippen LogP contribution < -0.4 is 5.73 Å². The number of hydrogen-bond donors (Lipinski definition) is 1. The van der Waals surface area contributed by atoms with Crippen LogP contribution in [0.25, 0.3) is 0 Å². The molecule has 2 fully saturated rings. The molecule has 140 valence electrons. The molecule has 2 aliphatic carbocycles. The number of amides is 1. The molecule has 0 saturated heterocycles. The van der Waals surface area contributed by atoms with Gasteiger partial charge in [0, 0.05) is 30.8 Å². The van der Waals surface area contributed by atoms with Gasteiger partial charge < -0.3 is 15.4 Å². The average Bonchev–Trinajstić information content (AvgIpc) is 2.60. The number of nitrogens with zero attached hydrogens (tertiary/aromatic N) is 1. The Hall–Kier alpha value is -1.26.